The minimum atomic E-state index is -1.15. The molecule has 0 saturated carbocycles. The smallest absolute Gasteiger partial charge is 0.353 e. The normalized spacial score (nSPS) is 33.2. The lowest BCUT2D eigenvalue weighted by atomic mass is 9.73. The number of nitrogens with one attached hydrogen (secondary N) is 1. The molecule has 212 valence electrons. The van der Waals surface area contributed by atoms with Gasteiger partial charge in [-0.05, 0) is 29.2 Å². The van der Waals surface area contributed by atoms with Crippen molar-refractivity contribution >= 4 is 35.3 Å². The van der Waals surface area contributed by atoms with Gasteiger partial charge in [0.05, 0.1) is 24.1 Å². The SMILES string of the molecule is C[C@@H](CC(=O)Cn1cnnn1)C1C(=O)N2C(C(=O)O)=C(S[C@@H]3CN[C@H](C(=O)N4CCC(N)C(O)C4)C3)[C@H](C)[C@H]12. The summed E-state index contributed by atoms with van der Waals surface area (Å²) in [4.78, 5) is 54.7. The largest absolute Gasteiger partial charge is 0.477 e. The lowest BCUT2D eigenvalue weighted by molar-refractivity contribution is -0.160. The fraction of sp³-hybridized carbons (Fsp3) is 0.708. The summed E-state index contributed by atoms with van der Waals surface area (Å²) in [5, 5.41) is 34.0. The van der Waals surface area contributed by atoms with Crippen molar-refractivity contribution in [2.45, 2.75) is 69.1 Å². The summed E-state index contributed by atoms with van der Waals surface area (Å²) in [6.07, 6.45) is 1.81. The summed E-state index contributed by atoms with van der Waals surface area (Å²) in [6, 6.07) is -1.08. The zero-order valence-electron chi connectivity index (χ0n) is 21.8. The quantitative estimate of drug-likeness (QED) is 0.253. The molecule has 4 aliphatic heterocycles. The van der Waals surface area contributed by atoms with Gasteiger partial charge >= 0.3 is 5.97 Å². The van der Waals surface area contributed by atoms with Gasteiger partial charge < -0.3 is 31.1 Å². The standard InChI is InChI=1S/C24H34N8O6S/c1-11(5-13(33)8-31-10-27-28-29-31)18-19-12(2)21(20(24(37)38)32(19)23(18)36)39-14-6-16(26-7-14)22(35)30-4-3-15(25)17(34)9-30/h10-12,14-19,26,34H,3-9,25H2,1-2H3,(H,37,38)/t11-,12+,14-,15?,16-,17?,18?,19+/m0/s1. The van der Waals surface area contributed by atoms with Crippen molar-refractivity contribution in [1.82, 2.24) is 35.3 Å². The van der Waals surface area contributed by atoms with E-state index < -0.39 is 24.0 Å². The molecule has 1 aromatic rings. The number of nitrogens with zero attached hydrogens (tertiary/aromatic N) is 6. The highest BCUT2D eigenvalue weighted by atomic mass is 32.2. The Balaban J connectivity index is 1.22. The molecule has 5 heterocycles. The number of β-lactam (4-membered cyclic amide) rings is 1. The van der Waals surface area contributed by atoms with Crippen LogP contribution in [-0.2, 0) is 25.7 Å². The summed E-state index contributed by atoms with van der Waals surface area (Å²) >= 11 is 1.42. The minimum Gasteiger partial charge on any atom is -0.477 e. The number of carbonyl (C=O) groups is 4. The van der Waals surface area contributed by atoms with Crippen molar-refractivity contribution in [3.05, 3.63) is 16.9 Å². The number of hydrogen-bond acceptors (Lipinski definition) is 11. The molecule has 3 saturated heterocycles. The Kier molecular flexibility index (Phi) is 7.77. The highest BCUT2D eigenvalue weighted by Crippen LogP contribution is 2.53. The van der Waals surface area contributed by atoms with Crippen LogP contribution in [0.4, 0.5) is 0 Å². The Morgan fingerprint density at radius 3 is 2.77 bits per heavy atom. The number of piperidine rings is 1. The molecule has 4 aliphatic rings. The number of amides is 2. The Morgan fingerprint density at radius 2 is 2.10 bits per heavy atom. The van der Waals surface area contributed by atoms with E-state index in [1.165, 1.54) is 27.7 Å². The van der Waals surface area contributed by atoms with Crippen molar-refractivity contribution in [3.63, 3.8) is 0 Å². The first-order valence-corrected chi connectivity index (χ1v) is 14.1. The maximum Gasteiger partial charge on any atom is 0.353 e. The van der Waals surface area contributed by atoms with Crippen LogP contribution in [0.5, 0.6) is 0 Å². The maximum absolute atomic E-state index is 13.2. The molecule has 3 unspecified atom stereocenters. The number of aliphatic carboxylic acids is 1. The first kappa shape index (κ1) is 27.7. The predicted octanol–water partition coefficient (Wildman–Crippen LogP) is -1.57. The molecule has 5 rings (SSSR count). The van der Waals surface area contributed by atoms with E-state index in [-0.39, 0.29) is 72.0 Å². The van der Waals surface area contributed by atoms with E-state index in [1.54, 1.807) is 4.90 Å². The number of ketones is 1. The molecule has 2 amide bonds. The van der Waals surface area contributed by atoms with E-state index in [9.17, 15) is 29.4 Å². The molecule has 15 heteroatoms. The van der Waals surface area contributed by atoms with Gasteiger partial charge in [0.25, 0.3) is 0 Å². The monoisotopic (exact) mass is 562 g/mol. The van der Waals surface area contributed by atoms with E-state index in [0.717, 1.165) is 0 Å². The number of tetrazole rings is 1. The van der Waals surface area contributed by atoms with Gasteiger partial charge in [-0.25, -0.2) is 9.48 Å². The fourth-order valence-electron chi connectivity index (χ4n) is 6.28. The van der Waals surface area contributed by atoms with Gasteiger partial charge in [0.1, 0.15) is 18.6 Å². The van der Waals surface area contributed by atoms with Crippen molar-refractivity contribution in [3.8, 4) is 0 Å². The molecule has 0 spiro atoms. The van der Waals surface area contributed by atoms with Crippen LogP contribution in [0, 0.1) is 17.8 Å². The molecule has 0 aliphatic carbocycles. The molecule has 5 N–H and O–H groups in total. The maximum atomic E-state index is 13.2. The average Bonchev–Trinajstić information content (AvgIpc) is 3.61. The van der Waals surface area contributed by atoms with Crippen LogP contribution in [0.1, 0.15) is 33.1 Å². The Morgan fingerprint density at radius 1 is 1.33 bits per heavy atom. The third-order valence-corrected chi connectivity index (χ3v) is 9.82. The van der Waals surface area contributed by atoms with Crippen LogP contribution in [-0.4, -0.2) is 113 Å². The number of hydrogen-bond donors (Lipinski definition) is 4. The van der Waals surface area contributed by atoms with Crippen LogP contribution in [0.15, 0.2) is 16.9 Å². The number of thioether (sulfide) groups is 1. The topological polar surface area (TPSA) is 197 Å². The lowest BCUT2D eigenvalue weighted by Gasteiger charge is -2.47. The van der Waals surface area contributed by atoms with Crippen LogP contribution in [0.25, 0.3) is 0 Å². The Labute approximate surface area is 229 Å². The van der Waals surface area contributed by atoms with Gasteiger partial charge in [-0.15, -0.1) is 16.9 Å². The van der Waals surface area contributed by atoms with Gasteiger partial charge in [0, 0.05) is 48.2 Å². The number of rotatable bonds is 9. The highest BCUT2D eigenvalue weighted by molar-refractivity contribution is 8.03. The Bertz CT molecular complexity index is 1180. The highest BCUT2D eigenvalue weighted by Gasteiger charge is 2.60. The molecule has 14 nitrogen and oxygen atoms in total. The molecule has 0 aromatic carbocycles. The molecule has 0 bridgehead atoms. The van der Waals surface area contributed by atoms with Crippen molar-refractivity contribution in [2.75, 3.05) is 19.6 Å². The summed E-state index contributed by atoms with van der Waals surface area (Å²) in [5.74, 6) is -2.57. The number of aliphatic hydroxyl groups is 1. The number of aromatic nitrogens is 4. The number of likely N-dealkylation sites (tertiary alicyclic amines) is 1. The van der Waals surface area contributed by atoms with Gasteiger partial charge in [-0.1, -0.05) is 13.8 Å². The van der Waals surface area contributed by atoms with Crippen LogP contribution in [0.3, 0.4) is 0 Å². The number of Topliss-reactive ketones (excluding diaryl/α,β-unsaturated/α-hetero) is 1. The number of nitrogens with two attached hydrogens (primary N) is 1. The van der Waals surface area contributed by atoms with Crippen LogP contribution in [0.2, 0.25) is 0 Å². The van der Waals surface area contributed by atoms with Crippen molar-refractivity contribution in [1.29, 1.82) is 0 Å². The summed E-state index contributed by atoms with van der Waals surface area (Å²) in [6.45, 7) is 5.00. The average molecular weight is 563 g/mol. The number of carboxylic acid groups (broad SMARTS) is 1. The second-order valence-corrected chi connectivity index (χ2v) is 12.3. The van der Waals surface area contributed by atoms with Gasteiger partial charge in [0.2, 0.25) is 11.8 Å². The van der Waals surface area contributed by atoms with Gasteiger partial charge in [-0.3, -0.25) is 14.4 Å². The van der Waals surface area contributed by atoms with E-state index in [2.05, 4.69) is 20.8 Å². The minimum absolute atomic E-state index is 0.00823. The number of carbonyl (C=O) groups excluding carboxylic acids is 3. The molecular formula is C24H34N8O6S. The molecule has 8 atom stereocenters. The van der Waals surface area contributed by atoms with Crippen LogP contribution >= 0.6 is 11.8 Å². The predicted molar refractivity (Wildman–Crippen MR) is 138 cm³/mol. The molecule has 3 fully saturated rings. The third kappa shape index (κ3) is 5.19. The molecular weight excluding hydrogens is 528 g/mol. The molecule has 0 radical (unpaired) electrons. The first-order chi connectivity index (χ1) is 18.6. The third-order valence-electron chi connectivity index (χ3n) is 8.31. The second-order valence-electron chi connectivity index (χ2n) is 11.0. The number of aliphatic hydroxyl groups excluding tert-OH is 1. The number of β-amino-alcohol motifs (C(OH)–C–C–N with tert-alkyl or cyclic N) is 1. The zero-order chi connectivity index (χ0) is 28.0. The Hall–Kier alpha value is -2.88. The summed E-state index contributed by atoms with van der Waals surface area (Å²) in [5.41, 5.74) is 5.87. The lowest BCUT2D eigenvalue weighted by Crippen LogP contribution is -2.62. The van der Waals surface area contributed by atoms with Crippen molar-refractivity contribution < 1.29 is 29.4 Å². The number of carboxylic acids is 1. The van der Waals surface area contributed by atoms with E-state index in [1.807, 2.05) is 13.8 Å². The second kappa shape index (κ2) is 10.9. The fourth-order valence-corrected chi connectivity index (χ4v) is 7.76. The van der Waals surface area contributed by atoms with Gasteiger partial charge in [0.15, 0.2) is 5.78 Å². The molecule has 1 aromatic heterocycles. The van der Waals surface area contributed by atoms with Gasteiger partial charge in [-0.2, -0.15) is 0 Å². The van der Waals surface area contributed by atoms with Crippen molar-refractivity contribution in [2.24, 2.45) is 23.5 Å². The van der Waals surface area contributed by atoms with E-state index in [4.69, 9.17) is 5.73 Å². The summed E-state index contributed by atoms with van der Waals surface area (Å²) in [7, 11) is 0. The molecule has 39 heavy (non-hydrogen) atoms. The van der Waals surface area contributed by atoms with E-state index >= 15 is 0 Å². The zero-order valence-corrected chi connectivity index (χ0v) is 22.7. The van der Waals surface area contributed by atoms with E-state index in [0.29, 0.717) is 30.8 Å². The van der Waals surface area contributed by atoms with Crippen LogP contribution < -0.4 is 11.1 Å². The number of fused-ring (bicyclic) bond motifs is 1. The first-order valence-electron chi connectivity index (χ1n) is 13.2. The summed E-state index contributed by atoms with van der Waals surface area (Å²) < 4.78 is 1.33.